The fourth-order valence-corrected chi connectivity index (χ4v) is 1.83. The van der Waals surface area contributed by atoms with Crippen LogP contribution in [0, 0.1) is 24.4 Å². The molecule has 0 atom stereocenters. The number of aryl methyl sites for hydroxylation is 1. The zero-order valence-electron chi connectivity index (χ0n) is 9.88. The van der Waals surface area contributed by atoms with Crippen LogP contribution in [0.2, 0.25) is 0 Å². The van der Waals surface area contributed by atoms with Crippen molar-refractivity contribution in [2.45, 2.75) is 6.92 Å². The van der Waals surface area contributed by atoms with E-state index in [1.807, 2.05) is 0 Å². The van der Waals surface area contributed by atoms with Gasteiger partial charge in [0.2, 0.25) is 0 Å². The summed E-state index contributed by atoms with van der Waals surface area (Å²) in [5, 5.41) is 8.82. The van der Waals surface area contributed by atoms with Crippen LogP contribution in [0.5, 0.6) is 0 Å². The molecule has 1 N–H and O–H groups in total. The second kappa shape index (κ2) is 4.76. The molecule has 5 heteroatoms. The van der Waals surface area contributed by atoms with E-state index in [0.29, 0.717) is 11.1 Å². The van der Waals surface area contributed by atoms with Crippen molar-refractivity contribution in [3.05, 3.63) is 58.9 Å². The molecule has 0 saturated heterocycles. The minimum absolute atomic E-state index is 0.0456. The molecule has 0 aromatic heterocycles. The molecule has 0 radical (unpaired) electrons. The Bertz CT molecular complexity index is 666. The molecule has 0 aliphatic rings. The van der Waals surface area contributed by atoms with E-state index in [0.717, 1.165) is 12.1 Å². The highest BCUT2D eigenvalue weighted by Crippen LogP contribution is 2.29. The fourth-order valence-electron chi connectivity index (χ4n) is 1.83. The largest absolute Gasteiger partial charge is 0.478 e. The summed E-state index contributed by atoms with van der Waals surface area (Å²) in [6, 6.07) is 5.95. The smallest absolute Gasteiger partial charge is 0.335 e. The third-order valence-corrected chi connectivity index (χ3v) is 2.80. The molecule has 2 aromatic carbocycles. The van der Waals surface area contributed by atoms with Gasteiger partial charge in [0.05, 0.1) is 5.56 Å². The van der Waals surface area contributed by atoms with E-state index in [-0.39, 0.29) is 11.1 Å². The molecule has 2 aromatic rings. The maximum absolute atomic E-state index is 13.7. The molecule has 0 aliphatic carbocycles. The van der Waals surface area contributed by atoms with Gasteiger partial charge in [-0.15, -0.1) is 0 Å². The lowest BCUT2D eigenvalue weighted by molar-refractivity contribution is 0.0697. The topological polar surface area (TPSA) is 37.3 Å². The van der Waals surface area contributed by atoms with Crippen LogP contribution in [0.25, 0.3) is 11.1 Å². The lowest BCUT2D eigenvalue weighted by Crippen LogP contribution is -1.99. The Morgan fingerprint density at radius 3 is 2.21 bits per heavy atom. The number of hydrogen-bond acceptors (Lipinski definition) is 1. The van der Waals surface area contributed by atoms with E-state index >= 15 is 0 Å². The van der Waals surface area contributed by atoms with Crippen LogP contribution in [-0.4, -0.2) is 11.1 Å². The van der Waals surface area contributed by atoms with Crippen LogP contribution in [0.3, 0.4) is 0 Å². The maximum atomic E-state index is 13.7. The first-order valence-electron chi connectivity index (χ1n) is 5.39. The van der Waals surface area contributed by atoms with Crippen LogP contribution in [-0.2, 0) is 0 Å². The molecule has 0 saturated carbocycles. The quantitative estimate of drug-likeness (QED) is 0.840. The van der Waals surface area contributed by atoms with Crippen molar-refractivity contribution in [3.63, 3.8) is 0 Å². The van der Waals surface area contributed by atoms with Crippen LogP contribution in [0.15, 0.2) is 30.3 Å². The average molecular weight is 266 g/mol. The zero-order chi connectivity index (χ0) is 14.2. The predicted octanol–water partition coefficient (Wildman–Crippen LogP) is 3.78. The SMILES string of the molecule is Cc1cc(C(=O)O)ccc1-c1ccc(F)c(F)c1F. The van der Waals surface area contributed by atoms with E-state index in [9.17, 15) is 18.0 Å². The second-order valence-electron chi connectivity index (χ2n) is 4.06. The predicted molar refractivity (Wildman–Crippen MR) is 63.4 cm³/mol. The molecule has 0 spiro atoms. The summed E-state index contributed by atoms with van der Waals surface area (Å²) in [5.74, 6) is -5.20. The number of carbonyl (C=O) groups is 1. The highest BCUT2D eigenvalue weighted by Gasteiger charge is 2.16. The van der Waals surface area contributed by atoms with Gasteiger partial charge in [0.1, 0.15) is 0 Å². The van der Waals surface area contributed by atoms with E-state index in [2.05, 4.69) is 0 Å². The van der Waals surface area contributed by atoms with Crippen LogP contribution < -0.4 is 0 Å². The summed E-state index contributed by atoms with van der Waals surface area (Å²) in [6.07, 6.45) is 0. The Labute approximate surface area is 107 Å². The van der Waals surface area contributed by atoms with Crippen molar-refractivity contribution in [3.8, 4) is 11.1 Å². The number of rotatable bonds is 2. The minimum atomic E-state index is -1.54. The number of carboxylic acid groups (broad SMARTS) is 1. The molecule has 0 amide bonds. The van der Waals surface area contributed by atoms with Gasteiger partial charge in [-0.3, -0.25) is 0 Å². The standard InChI is InChI=1S/C14H9F3O2/c1-7-6-8(14(18)19)2-3-9(7)10-4-5-11(15)13(17)12(10)16/h2-6H,1H3,(H,18,19). The average Bonchev–Trinajstić information content (AvgIpc) is 2.37. The molecule has 0 heterocycles. The summed E-state index contributed by atoms with van der Waals surface area (Å²) in [7, 11) is 0. The minimum Gasteiger partial charge on any atom is -0.478 e. The number of carboxylic acids is 1. The number of hydrogen-bond donors (Lipinski definition) is 1. The monoisotopic (exact) mass is 266 g/mol. The summed E-state index contributed by atoms with van der Waals surface area (Å²) in [6.45, 7) is 1.57. The summed E-state index contributed by atoms with van der Waals surface area (Å²) in [4.78, 5) is 10.8. The first-order valence-corrected chi connectivity index (χ1v) is 5.39. The molecule has 0 fully saturated rings. The molecule has 2 nitrogen and oxygen atoms in total. The van der Waals surface area contributed by atoms with Crippen LogP contribution in [0.4, 0.5) is 13.2 Å². The van der Waals surface area contributed by atoms with Gasteiger partial charge in [-0.2, -0.15) is 0 Å². The van der Waals surface area contributed by atoms with Crippen molar-refractivity contribution in [1.82, 2.24) is 0 Å². The van der Waals surface area contributed by atoms with Gasteiger partial charge in [0.25, 0.3) is 0 Å². The molecule has 98 valence electrons. The number of aromatic carboxylic acids is 1. The van der Waals surface area contributed by atoms with Crippen molar-refractivity contribution in [2.75, 3.05) is 0 Å². The highest BCUT2D eigenvalue weighted by atomic mass is 19.2. The fraction of sp³-hybridized carbons (Fsp3) is 0.0714. The van der Waals surface area contributed by atoms with Gasteiger partial charge >= 0.3 is 5.97 Å². The van der Waals surface area contributed by atoms with Crippen molar-refractivity contribution >= 4 is 5.97 Å². The van der Waals surface area contributed by atoms with E-state index in [1.54, 1.807) is 6.92 Å². The Morgan fingerprint density at radius 1 is 1.00 bits per heavy atom. The van der Waals surface area contributed by atoms with E-state index < -0.39 is 23.4 Å². The van der Waals surface area contributed by atoms with Crippen molar-refractivity contribution < 1.29 is 23.1 Å². The Balaban J connectivity index is 2.60. The lowest BCUT2D eigenvalue weighted by atomic mass is 9.98. The number of benzene rings is 2. The Kier molecular flexibility index (Phi) is 3.29. The van der Waals surface area contributed by atoms with E-state index in [4.69, 9.17) is 5.11 Å². The van der Waals surface area contributed by atoms with Gasteiger partial charge < -0.3 is 5.11 Å². The summed E-state index contributed by atoms with van der Waals surface area (Å²) >= 11 is 0. The van der Waals surface area contributed by atoms with Gasteiger partial charge in [-0.25, -0.2) is 18.0 Å². The lowest BCUT2D eigenvalue weighted by Gasteiger charge is -2.09. The summed E-state index contributed by atoms with van der Waals surface area (Å²) in [5.41, 5.74) is 0.726. The Hall–Kier alpha value is -2.30. The van der Waals surface area contributed by atoms with Gasteiger partial charge in [0, 0.05) is 5.56 Å². The third-order valence-electron chi connectivity index (χ3n) is 2.80. The van der Waals surface area contributed by atoms with Gasteiger partial charge in [-0.05, 0) is 42.3 Å². The molecular formula is C14H9F3O2. The highest BCUT2D eigenvalue weighted by molar-refractivity contribution is 5.89. The normalized spacial score (nSPS) is 10.5. The molecule has 0 unspecified atom stereocenters. The summed E-state index contributed by atoms with van der Waals surface area (Å²) < 4.78 is 39.7. The maximum Gasteiger partial charge on any atom is 0.335 e. The molecule has 2 rings (SSSR count). The molecule has 0 bridgehead atoms. The van der Waals surface area contributed by atoms with Crippen molar-refractivity contribution in [2.24, 2.45) is 0 Å². The van der Waals surface area contributed by atoms with Crippen LogP contribution in [0.1, 0.15) is 15.9 Å². The van der Waals surface area contributed by atoms with Crippen molar-refractivity contribution in [1.29, 1.82) is 0 Å². The first-order chi connectivity index (χ1) is 8.91. The molecule has 19 heavy (non-hydrogen) atoms. The Morgan fingerprint density at radius 2 is 1.63 bits per heavy atom. The number of halogens is 3. The second-order valence-corrected chi connectivity index (χ2v) is 4.06. The van der Waals surface area contributed by atoms with Gasteiger partial charge in [0.15, 0.2) is 17.5 Å². The molecular weight excluding hydrogens is 257 g/mol. The third kappa shape index (κ3) is 2.31. The van der Waals surface area contributed by atoms with Crippen LogP contribution >= 0.6 is 0 Å². The molecule has 0 aliphatic heterocycles. The van der Waals surface area contributed by atoms with Gasteiger partial charge in [-0.1, -0.05) is 6.07 Å². The zero-order valence-corrected chi connectivity index (χ0v) is 9.88. The first kappa shape index (κ1) is 13.1. The van der Waals surface area contributed by atoms with E-state index in [1.165, 1.54) is 18.2 Å².